The van der Waals surface area contributed by atoms with E-state index in [1.54, 1.807) is 0 Å². The summed E-state index contributed by atoms with van der Waals surface area (Å²) >= 11 is 0. The van der Waals surface area contributed by atoms with Crippen molar-refractivity contribution < 1.29 is 19.5 Å². The molecule has 2 aromatic carbocycles. The first-order chi connectivity index (χ1) is 9.90. The Bertz CT molecular complexity index is 841. The Morgan fingerprint density at radius 3 is 1.38 bits per heavy atom. The minimum absolute atomic E-state index is 0. The van der Waals surface area contributed by atoms with Gasteiger partial charge in [0.15, 0.2) is 0 Å². The summed E-state index contributed by atoms with van der Waals surface area (Å²) in [6.45, 7) is 0. The van der Waals surface area contributed by atoms with Crippen LogP contribution in [0.25, 0.3) is 33.2 Å². The Morgan fingerprint density at radius 1 is 0.476 bits per heavy atom. The zero-order valence-electron chi connectivity index (χ0n) is 11.2. The maximum Gasteiger partial charge on any atom is 0.0894 e. The molecule has 0 aliphatic rings. The number of pyridine rings is 2. The van der Waals surface area contributed by atoms with Crippen LogP contribution >= 0.6 is 0 Å². The van der Waals surface area contributed by atoms with Crippen LogP contribution in [-0.4, -0.2) is 9.97 Å². The molecule has 2 heterocycles. The average Bonchev–Trinajstić information content (AvgIpc) is 2.54. The number of aromatic nitrogens is 2. The van der Waals surface area contributed by atoms with Gasteiger partial charge in [-0.2, -0.15) is 0 Å². The van der Waals surface area contributed by atoms with Gasteiger partial charge in [-0.15, -0.1) is 0 Å². The van der Waals surface area contributed by atoms with E-state index in [9.17, 15) is 0 Å². The summed E-state index contributed by atoms with van der Waals surface area (Å²) in [4.78, 5) is 9.38. The van der Waals surface area contributed by atoms with E-state index in [2.05, 4.69) is 34.2 Å². The predicted molar refractivity (Wildman–Crippen MR) is 82.5 cm³/mol. The van der Waals surface area contributed by atoms with Crippen LogP contribution in [0, 0.1) is 0 Å². The second-order valence-electron chi connectivity index (χ2n) is 4.78. The Kier molecular flexibility index (Phi) is 3.76. The molecule has 0 saturated heterocycles. The molecule has 21 heavy (non-hydrogen) atoms. The van der Waals surface area contributed by atoms with E-state index in [0.29, 0.717) is 0 Å². The minimum atomic E-state index is 0. The maximum absolute atomic E-state index is 4.69. The minimum Gasteiger partial charge on any atom is -0.246 e. The van der Waals surface area contributed by atoms with Crippen molar-refractivity contribution in [2.75, 3.05) is 0 Å². The molecule has 0 spiro atoms. The molecule has 0 atom stereocenters. The monoisotopic (exact) mass is 358 g/mol. The zero-order valence-corrected chi connectivity index (χ0v) is 12.9. The van der Waals surface area contributed by atoms with Crippen molar-refractivity contribution in [1.29, 1.82) is 0 Å². The van der Waals surface area contributed by atoms with Crippen LogP contribution in [0.4, 0.5) is 0 Å². The summed E-state index contributed by atoms with van der Waals surface area (Å²) < 4.78 is 0. The van der Waals surface area contributed by atoms with Crippen molar-refractivity contribution in [2.45, 2.75) is 0 Å². The molecule has 0 bridgehead atoms. The van der Waals surface area contributed by atoms with Crippen molar-refractivity contribution in [3.8, 4) is 11.4 Å². The molecule has 102 valence electrons. The van der Waals surface area contributed by atoms with Crippen molar-refractivity contribution in [3.05, 3.63) is 72.8 Å². The molecule has 3 heteroatoms. The fraction of sp³-hybridized carbons (Fsp3) is 0. The molecule has 2 nitrogen and oxygen atoms in total. The Morgan fingerprint density at radius 2 is 0.905 bits per heavy atom. The number of rotatable bonds is 1. The van der Waals surface area contributed by atoms with Gasteiger partial charge in [0.2, 0.25) is 0 Å². The maximum atomic E-state index is 4.69. The van der Waals surface area contributed by atoms with Gasteiger partial charge in [0.1, 0.15) is 0 Å². The largest absolute Gasteiger partial charge is 0.246 e. The van der Waals surface area contributed by atoms with Crippen molar-refractivity contribution in [2.24, 2.45) is 0 Å². The Hall–Kier alpha value is -2.12. The van der Waals surface area contributed by atoms with Gasteiger partial charge in [0, 0.05) is 30.3 Å². The van der Waals surface area contributed by atoms with Gasteiger partial charge in [-0.25, -0.2) is 9.97 Å². The predicted octanol–water partition coefficient (Wildman–Crippen LogP) is 4.45. The molecular weight excluding hydrogens is 345 g/mol. The van der Waals surface area contributed by atoms with E-state index < -0.39 is 0 Å². The molecule has 0 fully saturated rings. The van der Waals surface area contributed by atoms with Crippen LogP contribution in [0.15, 0.2) is 72.8 Å². The van der Waals surface area contributed by atoms with E-state index in [4.69, 9.17) is 0 Å². The van der Waals surface area contributed by atoms with E-state index in [1.165, 1.54) is 0 Å². The number of hydrogen-bond acceptors (Lipinski definition) is 2. The van der Waals surface area contributed by atoms with E-state index in [1.807, 2.05) is 48.5 Å². The Balaban J connectivity index is 0.00000132. The zero-order chi connectivity index (χ0) is 13.4. The molecule has 0 aliphatic carbocycles. The summed E-state index contributed by atoms with van der Waals surface area (Å²) in [6, 6.07) is 24.5. The van der Waals surface area contributed by atoms with Gasteiger partial charge in [-0.3, -0.25) is 0 Å². The molecule has 2 aromatic heterocycles. The summed E-state index contributed by atoms with van der Waals surface area (Å²) in [5.41, 5.74) is 3.82. The van der Waals surface area contributed by atoms with Gasteiger partial charge in [-0.1, -0.05) is 48.5 Å². The van der Waals surface area contributed by atoms with Gasteiger partial charge < -0.3 is 0 Å². The number of nitrogens with zero attached hydrogens (tertiary/aromatic N) is 2. The topological polar surface area (TPSA) is 25.8 Å². The fourth-order valence-corrected chi connectivity index (χ4v) is 2.42. The second kappa shape index (κ2) is 5.71. The smallest absolute Gasteiger partial charge is 0.0894 e. The molecule has 0 saturated carbocycles. The molecule has 0 unspecified atom stereocenters. The summed E-state index contributed by atoms with van der Waals surface area (Å²) in [5.74, 6) is 0. The molecule has 0 N–H and O–H groups in total. The van der Waals surface area contributed by atoms with Crippen LogP contribution in [0.2, 0.25) is 0 Å². The van der Waals surface area contributed by atoms with Gasteiger partial charge in [0.25, 0.3) is 0 Å². The van der Waals surface area contributed by atoms with Crippen LogP contribution in [0.5, 0.6) is 0 Å². The van der Waals surface area contributed by atoms with Crippen LogP contribution in [0.1, 0.15) is 0 Å². The van der Waals surface area contributed by atoms with Gasteiger partial charge in [-0.05, 0) is 24.3 Å². The van der Waals surface area contributed by atoms with E-state index in [-0.39, 0.29) is 19.5 Å². The molecular formula is C18H12N2Ru. The number of hydrogen-bond donors (Lipinski definition) is 0. The number of para-hydroxylation sites is 2. The third-order valence-corrected chi connectivity index (χ3v) is 3.46. The van der Waals surface area contributed by atoms with Crippen LogP contribution < -0.4 is 0 Å². The van der Waals surface area contributed by atoms with E-state index in [0.717, 1.165) is 33.2 Å². The summed E-state index contributed by atoms with van der Waals surface area (Å²) in [5, 5.41) is 2.30. The Labute approximate surface area is 135 Å². The third kappa shape index (κ3) is 2.57. The van der Waals surface area contributed by atoms with Gasteiger partial charge in [0.05, 0.1) is 22.4 Å². The first-order valence-electron chi connectivity index (χ1n) is 6.62. The average molecular weight is 357 g/mol. The fourth-order valence-electron chi connectivity index (χ4n) is 2.42. The second-order valence-corrected chi connectivity index (χ2v) is 4.78. The van der Waals surface area contributed by atoms with Crippen molar-refractivity contribution >= 4 is 21.8 Å². The third-order valence-electron chi connectivity index (χ3n) is 3.46. The normalized spacial score (nSPS) is 10.5. The van der Waals surface area contributed by atoms with Crippen molar-refractivity contribution in [1.82, 2.24) is 9.97 Å². The van der Waals surface area contributed by atoms with Crippen LogP contribution in [-0.2, 0) is 19.5 Å². The standard InChI is InChI=1S/C18H12N2.Ru/c1-3-7-15-13(5-1)9-11-17(19-15)18-12-10-14-6-2-4-8-16(14)20-18;/h1-12H;. The SMILES string of the molecule is [Ru].c1ccc2nc(-c3ccc4ccccc4n3)ccc2c1. The molecule has 0 amide bonds. The first-order valence-corrected chi connectivity index (χ1v) is 6.62. The quantitative estimate of drug-likeness (QED) is 0.471. The van der Waals surface area contributed by atoms with E-state index >= 15 is 0 Å². The van der Waals surface area contributed by atoms with Gasteiger partial charge >= 0.3 is 0 Å². The summed E-state index contributed by atoms with van der Waals surface area (Å²) in [6.07, 6.45) is 0. The van der Waals surface area contributed by atoms with Crippen molar-refractivity contribution in [3.63, 3.8) is 0 Å². The molecule has 4 aromatic rings. The molecule has 0 radical (unpaired) electrons. The van der Waals surface area contributed by atoms with Crippen LogP contribution in [0.3, 0.4) is 0 Å². The molecule has 0 aliphatic heterocycles. The number of fused-ring (bicyclic) bond motifs is 2. The first kappa shape index (κ1) is 13.8. The molecule has 4 rings (SSSR count). The summed E-state index contributed by atoms with van der Waals surface area (Å²) in [7, 11) is 0. The number of benzene rings is 2.